The molecule has 0 aliphatic heterocycles. The Bertz CT molecular complexity index is 481. The highest BCUT2D eigenvalue weighted by Crippen LogP contribution is 2.26. The highest BCUT2D eigenvalue weighted by Gasteiger charge is 2.30. The number of methoxy groups -OCH3 is 1. The van der Waals surface area contributed by atoms with Gasteiger partial charge in [-0.2, -0.15) is 0 Å². The zero-order valence-electron chi connectivity index (χ0n) is 13.9. The van der Waals surface area contributed by atoms with Gasteiger partial charge in [0, 0.05) is 18.2 Å². The van der Waals surface area contributed by atoms with Gasteiger partial charge in [0.1, 0.15) is 12.4 Å². The largest absolute Gasteiger partial charge is 0.492 e. The van der Waals surface area contributed by atoms with Crippen LogP contribution >= 0.6 is 0 Å². The van der Waals surface area contributed by atoms with Crippen molar-refractivity contribution in [2.45, 2.75) is 47.2 Å². The van der Waals surface area contributed by atoms with Crippen LogP contribution in [0, 0.1) is 12.3 Å². The third-order valence-corrected chi connectivity index (χ3v) is 3.31. The summed E-state index contributed by atoms with van der Waals surface area (Å²) in [5, 5.41) is 3.39. The van der Waals surface area contributed by atoms with Crippen LogP contribution in [0.4, 0.5) is 0 Å². The quantitative estimate of drug-likeness (QED) is 0.785. The van der Waals surface area contributed by atoms with E-state index in [4.69, 9.17) is 9.47 Å². The molecule has 4 nitrogen and oxygen atoms in total. The summed E-state index contributed by atoms with van der Waals surface area (Å²) in [6.07, 6.45) is 0. The molecule has 0 saturated heterocycles. The number of aryl methyl sites for hydroxylation is 1. The highest BCUT2D eigenvalue weighted by molar-refractivity contribution is 5.75. The molecule has 0 heterocycles. The van der Waals surface area contributed by atoms with Crippen LogP contribution in [-0.2, 0) is 16.1 Å². The first-order chi connectivity index (χ1) is 9.77. The van der Waals surface area contributed by atoms with E-state index < -0.39 is 5.41 Å². The van der Waals surface area contributed by atoms with E-state index in [0.29, 0.717) is 12.6 Å². The van der Waals surface area contributed by atoms with Gasteiger partial charge in [-0.3, -0.25) is 4.79 Å². The lowest BCUT2D eigenvalue weighted by Crippen LogP contribution is -2.32. The summed E-state index contributed by atoms with van der Waals surface area (Å²) in [5.74, 6) is 0.584. The Labute approximate surface area is 127 Å². The number of hydrogen-bond acceptors (Lipinski definition) is 4. The zero-order chi connectivity index (χ0) is 16.0. The van der Waals surface area contributed by atoms with Gasteiger partial charge in [0.25, 0.3) is 0 Å². The number of esters is 1. The van der Waals surface area contributed by atoms with Crippen LogP contribution in [-0.4, -0.2) is 25.7 Å². The van der Waals surface area contributed by atoms with Crippen molar-refractivity contribution in [2.75, 3.05) is 13.7 Å². The van der Waals surface area contributed by atoms with Crippen LogP contribution < -0.4 is 10.1 Å². The average Bonchev–Trinajstić information content (AvgIpc) is 2.42. The van der Waals surface area contributed by atoms with Crippen molar-refractivity contribution in [3.63, 3.8) is 0 Å². The second-order valence-electron chi connectivity index (χ2n) is 6.26. The first-order valence-electron chi connectivity index (χ1n) is 7.31. The average molecular weight is 293 g/mol. The molecule has 0 bridgehead atoms. The molecular weight excluding hydrogens is 266 g/mol. The second kappa shape index (κ2) is 7.46. The number of carbonyl (C=O) groups is 1. The van der Waals surface area contributed by atoms with Crippen LogP contribution in [0.1, 0.15) is 38.8 Å². The molecule has 118 valence electrons. The van der Waals surface area contributed by atoms with Gasteiger partial charge in [0.15, 0.2) is 0 Å². The summed E-state index contributed by atoms with van der Waals surface area (Å²) in [6.45, 7) is 10.9. The molecule has 0 spiro atoms. The number of para-hydroxylation sites is 1. The van der Waals surface area contributed by atoms with Crippen molar-refractivity contribution in [1.82, 2.24) is 5.32 Å². The molecule has 0 atom stereocenters. The molecule has 0 unspecified atom stereocenters. The Balaban J connectivity index is 2.84. The lowest BCUT2D eigenvalue weighted by Gasteiger charge is -2.23. The molecule has 0 radical (unpaired) electrons. The van der Waals surface area contributed by atoms with E-state index in [-0.39, 0.29) is 5.97 Å². The Kier molecular flexibility index (Phi) is 6.21. The van der Waals surface area contributed by atoms with Crippen LogP contribution in [0.3, 0.4) is 0 Å². The number of benzene rings is 1. The summed E-state index contributed by atoms with van der Waals surface area (Å²) in [4.78, 5) is 11.7. The fourth-order valence-electron chi connectivity index (χ4n) is 1.96. The predicted molar refractivity (Wildman–Crippen MR) is 84.4 cm³/mol. The predicted octanol–water partition coefficient (Wildman–Crippen LogP) is 3.07. The number of carbonyl (C=O) groups excluding carboxylic acids is 1. The summed E-state index contributed by atoms with van der Waals surface area (Å²) in [5.41, 5.74) is 1.50. The van der Waals surface area contributed by atoms with Crippen molar-refractivity contribution in [3.05, 3.63) is 29.3 Å². The maximum absolute atomic E-state index is 11.7. The smallest absolute Gasteiger partial charge is 0.314 e. The molecule has 4 heteroatoms. The Morgan fingerprint density at radius 3 is 2.57 bits per heavy atom. The topological polar surface area (TPSA) is 47.6 Å². The van der Waals surface area contributed by atoms with Gasteiger partial charge in [0.2, 0.25) is 0 Å². The lowest BCUT2D eigenvalue weighted by atomic mass is 9.95. The van der Waals surface area contributed by atoms with E-state index in [2.05, 4.69) is 19.2 Å². The number of nitrogens with one attached hydrogen (secondary N) is 1. The lowest BCUT2D eigenvalue weighted by molar-refractivity contribution is -0.152. The molecule has 1 N–H and O–H groups in total. The van der Waals surface area contributed by atoms with Gasteiger partial charge in [-0.25, -0.2) is 0 Å². The molecule has 21 heavy (non-hydrogen) atoms. The first kappa shape index (κ1) is 17.5. The molecule has 0 fully saturated rings. The van der Waals surface area contributed by atoms with Crippen LogP contribution in [0.2, 0.25) is 0 Å². The molecule has 1 rings (SSSR count). The molecular formula is C17H27NO3. The molecule has 1 aromatic rings. The number of hydrogen-bond donors (Lipinski definition) is 1. The van der Waals surface area contributed by atoms with Crippen molar-refractivity contribution in [3.8, 4) is 5.75 Å². The van der Waals surface area contributed by atoms with E-state index in [9.17, 15) is 4.79 Å². The van der Waals surface area contributed by atoms with Gasteiger partial charge in [-0.05, 0) is 26.3 Å². The van der Waals surface area contributed by atoms with Gasteiger partial charge >= 0.3 is 5.97 Å². The van der Waals surface area contributed by atoms with Crippen LogP contribution in [0.25, 0.3) is 0 Å². The second-order valence-corrected chi connectivity index (χ2v) is 6.26. The SMILES string of the molecule is COC(=O)C(C)(C)COc1c(C)cccc1CNC(C)C. The normalized spacial score (nSPS) is 11.6. The first-order valence-corrected chi connectivity index (χ1v) is 7.31. The zero-order valence-corrected chi connectivity index (χ0v) is 13.9. The van der Waals surface area contributed by atoms with Crippen LogP contribution in [0.15, 0.2) is 18.2 Å². The minimum atomic E-state index is -0.667. The van der Waals surface area contributed by atoms with Gasteiger partial charge in [-0.1, -0.05) is 32.0 Å². The molecule has 0 aliphatic rings. The monoisotopic (exact) mass is 293 g/mol. The molecule has 0 amide bonds. The summed E-state index contributed by atoms with van der Waals surface area (Å²) >= 11 is 0. The molecule has 0 saturated carbocycles. The van der Waals surface area contributed by atoms with Crippen molar-refractivity contribution in [2.24, 2.45) is 5.41 Å². The van der Waals surface area contributed by atoms with Crippen molar-refractivity contribution in [1.29, 1.82) is 0 Å². The minimum Gasteiger partial charge on any atom is -0.492 e. The third-order valence-electron chi connectivity index (χ3n) is 3.31. The van der Waals surface area contributed by atoms with Crippen molar-refractivity contribution >= 4 is 5.97 Å². The highest BCUT2D eigenvalue weighted by atomic mass is 16.5. The molecule has 0 aliphatic carbocycles. The van der Waals surface area contributed by atoms with E-state index in [1.54, 1.807) is 0 Å². The van der Waals surface area contributed by atoms with E-state index in [0.717, 1.165) is 23.4 Å². The molecule has 0 aromatic heterocycles. The van der Waals surface area contributed by atoms with E-state index >= 15 is 0 Å². The summed E-state index contributed by atoms with van der Waals surface area (Å²) in [6, 6.07) is 6.48. The standard InChI is InChI=1S/C17H27NO3/c1-12(2)18-10-14-9-7-8-13(3)15(14)21-11-17(4,5)16(19)20-6/h7-9,12,18H,10-11H2,1-6H3. The maximum atomic E-state index is 11.7. The van der Waals surface area contributed by atoms with Crippen molar-refractivity contribution < 1.29 is 14.3 Å². The van der Waals surface area contributed by atoms with E-state index in [1.807, 2.05) is 39.0 Å². The summed E-state index contributed by atoms with van der Waals surface area (Å²) in [7, 11) is 1.40. The minimum absolute atomic E-state index is 0.266. The Morgan fingerprint density at radius 1 is 1.33 bits per heavy atom. The number of ether oxygens (including phenoxy) is 2. The summed E-state index contributed by atoms with van der Waals surface area (Å²) < 4.78 is 10.8. The Morgan fingerprint density at radius 2 is 2.00 bits per heavy atom. The third kappa shape index (κ3) is 5.05. The van der Waals surface area contributed by atoms with Crippen LogP contribution in [0.5, 0.6) is 5.75 Å². The van der Waals surface area contributed by atoms with Gasteiger partial charge in [0.05, 0.1) is 12.5 Å². The number of rotatable bonds is 7. The Hall–Kier alpha value is -1.55. The van der Waals surface area contributed by atoms with Gasteiger partial charge in [-0.15, -0.1) is 0 Å². The molecule has 1 aromatic carbocycles. The van der Waals surface area contributed by atoms with E-state index in [1.165, 1.54) is 7.11 Å². The van der Waals surface area contributed by atoms with Gasteiger partial charge < -0.3 is 14.8 Å². The maximum Gasteiger partial charge on any atom is 0.314 e. The fourth-order valence-corrected chi connectivity index (χ4v) is 1.96. The fraction of sp³-hybridized carbons (Fsp3) is 0.588.